The fourth-order valence-electron chi connectivity index (χ4n) is 2.41. The zero-order chi connectivity index (χ0) is 12.6. The molecule has 0 heterocycles. The summed E-state index contributed by atoms with van der Waals surface area (Å²) in [7, 11) is 0. The Labute approximate surface area is 118 Å². The molecule has 1 aliphatic carbocycles. The van der Waals surface area contributed by atoms with Crippen molar-refractivity contribution >= 4 is 15.9 Å². The molecule has 1 aromatic rings. The zero-order valence-corrected chi connectivity index (χ0v) is 12.4. The Kier molecular flexibility index (Phi) is 6.18. The summed E-state index contributed by atoms with van der Waals surface area (Å²) >= 11 is 3.48. The normalized spacial score (nSPS) is 16.9. The third-order valence-electron chi connectivity index (χ3n) is 3.40. The van der Waals surface area contributed by atoms with Crippen molar-refractivity contribution in [3.8, 4) is 0 Å². The summed E-state index contributed by atoms with van der Waals surface area (Å²) in [6, 6.07) is 8.41. The van der Waals surface area contributed by atoms with Gasteiger partial charge >= 0.3 is 0 Å². The lowest BCUT2D eigenvalue weighted by Crippen LogP contribution is -2.24. The molecule has 0 atom stereocenters. The molecule has 0 amide bonds. The van der Waals surface area contributed by atoms with Crippen molar-refractivity contribution in [2.75, 3.05) is 13.2 Å². The number of benzene rings is 1. The number of ether oxygens (including phenoxy) is 1. The predicted octanol–water partition coefficient (Wildman–Crippen LogP) is 3.89. The van der Waals surface area contributed by atoms with E-state index >= 15 is 0 Å². The second-order valence-electron chi connectivity index (χ2n) is 4.94. The maximum Gasteiger partial charge on any atom is 0.0594 e. The quantitative estimate of drug-likeness (QED) is 0.805. The first-order valence-electron chi connectivity index (χ1n) is 6.91. The fourth-order valence-corrected chi connectivity index (χ4v) is 2.86. The first kappa shape index (κ1) is 14.0. The highest BCUT2D eigenvalue weighted by Crippen LogP contribution is 2.19. The lowest BCUT2D eigenvalue weighted by molar-refractivity contribution is 0.0302. The van der Waals surface area contributed by atoms with Crippen LogP contribution in [-0.4, -0.2) is 19.3 Å². The number of hydrogen-bond donors (Lipinski definition) is 1. The van der Waals surface area contributed by atoms with Crippen LogP contribution in [0.25, 0.3) is 0 Å². The molecule has 0 spiro atoms. The van der Waals surface area contributed by atoms with Gasteiger partial charge in [0, 0.05) is 17.6 Å². The van der Waals surface area contributed by atoms with Gasteiger partial charge in [0.25, 0.3) is 0 Å². The molecule has 1 aromatic carbocycles. The molecule has 18 heavy (non-hydrogen) atoms. The molecule has 0 saturated heterocycles. The first-order valence-corrected chi connectivity index (χ1v) is 7.70. The molecule has 1 N–H and O–H groups in total. The molecular weight excluding hydrogens is 290 g/mol. The number of halogens is 1. The SMILES string of the molecule is Brc1cccc(CNCCOC2CCCCC2)c1. The Bertz CT molecular complexity index is 350. The number of nitrogens with one attached hydrogen (secondary N) is 1. The van der Waals surface area contributed by atoms with E-state index in [9.17, 15) is 0 Å². The van der Waals surface area contributed by atoms with E-state index in [0.717, 1.165) is 24.2 Å². The van der Waals surface area contributed by atoms with Crippen LogP contribution < -0.4 is 5.32 Å². The maximum absolute atomic E-state index is 5.87. The number of rotatable bonds is 6. The topological polar surface area (TPSA) is 21.3 Å². The summed E-state index contributed by atoms with van der Waals surface area (Å²) in [5, 5.41) is 3.42. The van der Waals surface area contributed by atoms with Crippen molar-refractivity contribution in [2.24, 2.45) is 0 Å². The van der Waals surface area contributed by atoms with Gasteiger partial charge in [0.05, 0.1) is 12.7 Å². The minimum atomic E-state index is 0.520. The highest BCUT2D eigenvalue weighted by molar-refractivity contribution is 9.10. The molecule has 0 bridgehead atoms. The Morgan fingerprint density at radius 3 is 2.83 bits per heavy atom. The number of hydrogen-bond acceptors (Lipinski definition) is 2. The third kappa shape index (κ3) is 5.09. The van der Waals surface area contributed by atoms with E-state index in [1.165, 1.54) is 37.7 Å². The Morgan fingerprint density at radius 1 is 1.22 bits per heavy atom. The van der Waals surface area contributed by atoms with Crippen LogP contribution in [0.4, 0.5) is 0 Å². The van der Waals surface area contributed by atoms with Crippen LogP contribution in [0.15, 0.2) is 28.7 Å². The van der Waals surface area contributed by atoms with Crippen LogP contribution in [0.5, 0.6) is 0 Å². The van der Waals surface area contributed by atoms with Crippen molar-refractivity contribution < 1.29 is 4.74 Å². The summed E-state index contributed by atoms with van der Waals surface area (Å²) in [6.45, 7) is 2.68. The third-order valence-corrected chi connectivity index (χ3v) is 3.90. The smallest absolute Gasteiger partial charge is 0.0594 e. The average Bonchev–Trinajstić information content (AvgIpc) is 2.40. The van der Waals surface area contributed by atoms with Gasteiger partial charge in [-0.1, -0.05) is 47.3 Å². The monoisotopic (exact) mass is 311 g/mol. The predicted molar refractivity (Wildman–Crippen MR) is 78.7 cm³/mol. The molecular formula is C15H22BrNO. The molecule has 0 aromatic heterocycles. The van der Waals surface area contributed by atoms with E-state index in [1.54, 1.807) is 0 Å². The van der Waals surface area contributed by atoms with Gasteiger partial charge in [-0.15, -0.1) is 0 Å². The second-order valence-corrected chi connectivity index (χ2v) is 5.85. The van der Waals surface area contributed by atoms with E-state index in [2.05, 4.69) is 45.5 Å². The minimum Gasteiger partial charge on any atom is -0.377 e. The van der Waals surface area contributed by atoms with Crippen molar-refractivity contribution in [2.45, 2.75) is 44.8 Å². The van der Waals surface area contributed by atoms with Gasteiger partial charge in [-0.25, -0.2) is 0 Å². The highest BCUT2D eigenvalue weighted by atomic mass is 79.9. The molecule has 2 nitrogen and oxygen atoms in total. The molecule has 2 rings (SSSR count). The lowest BCUT2D eigenvalue weighted by atomic mass is 9.98. The molecule has 100 valence electrons. The fraction of sp³-hybridized carbons (Fsp3) is 0.600. The van der Waals surface area contributed by atoms with Gasteiger partial charge < -0.3 is 10.1 Å². The summed E-state index contributed by atoms with van der Waals surface area (Å²) in [6.07, 6.45) is 7.11. The van der Waals surface area contributed by atoms with Crippen molar-refractivity contribution in [1.82, 2.24) is 5.32 Å². The summed E-state index contributed by atoms with van der Waals surface area (Å²) in [5.74, 6) is 0. The molecule has 0 unspecified atom stereocenters. The molecule has 1 saturated carbocycles. The molecule has 1 fully saturated rings. The standard InChI is InChI=1S/C15H22BrNO/c16-14-6-4-5-13(11-14)12-17-9-10-18-15-7-2-1-3-8-15/h4-6,11,15,17H,1-3,7-10,12H2. The highest BCUT2D eigenvalue weighted by Gasteiger charge is 2.12. The van der Waals surface area contributed by atoms with Crippen molar-refractivity contribution in [1.29, 1.82) is 0 Å². The van der Waals surface area contributed by atoms with E-state index < -0.39 is 0 Å². The van der Waals surface area contributed by atoms with E-state index in [1.807, 2.05) is 0 Å². The molecule has 1 aliphatic rings. The molecule has 0 aliphatic heterocycles. The van der Waals surface area contributed by atoms with E-state index in [0.29, 0.717) is 6.10 Å². The lowest BCUT2D eigenvalue weighted by Gasteiger charge is -2.22. The van der Waals surface area contributed by atoms with Crippen LogP contribution >= 0.6 is 15.9 Å². The van der Waals surface area contributed by atoms with Crippen LogP contribution in [0.1, 0.15) is 37.7 Å². The Hall–Kier alpha value is -0.380. The Morgan fingerprint density at radius 2 is 2.06 bits per heavy atom. The molecule has 0 radical (unpaired) electrons. The van der Waals surface area contributed by atoms with Crippen LogP contribution in [0, 0.1) is 0 Å². The average molecular weight is 312 g/mol. The first-order chi connectivity index (χ1) is 8.84. The summed E-state index contributed by atoms with van der Waals surface area (Å²) in [4.78, 5) is 0. The van der Waals surface area contributed by atoms with Gasteiger partial charge in [0.15, 0.2) is 0 Å². The van der Waals surface area contributed by atoms with Gasteiger partial charge in [-0.2, -0.15) is 0 Å². The molecule has 3 heteroatoms. The second kappa shape index (κ2) is 7.93. The minimum absolute atomic E-state index is 0.520. The van der Waals surface area contributed by atoms with Crippen molar-refractivity contribution in [3.63, 3.8) is 0 Å². The van der Waals surface area contributed by atoms with Gasteiger partial charge in [-0.05, 0) is 30.5 Å². The van der Waals surface area contributed by atoms with Crippen LogP contribution in [0.3, 0.4) is 0 Å². The largest absolute Gasteiger partial charge is 0.377 e. The zero-order valence-electron chi connectivity index (χ0n) is 10.8. The summed E-state index contributed by atoms with van der Waals surface area (Å²) in [5.41, 5.74) is 1.31. The summed E-state index contributed by atoms with van der Waals surface area (Å²) < 4.78 is 7.01. The van der Waals surface area contributed by atoms with Crippen LogP contribution in [0.2, 0.25) is 0 Å². The maximum atomic E-state index is 5.87. The van der Waals surface area contributed by atoms with Gasteiger partial charge in [0.2, 0.25) is 0 Å². The van der Waals surface area contributed by atoms with Crippen molar-refractivity contribution in [3.05, 3.63) is 34.3 Å². The van der Waals surface area contributed by atoms with E-state index in [4.69, 9.17) is 4.74 Å². The van der Waals surface area contributed by atoms with Gasteiger partial charge in [-0.3, -0.25) is 0 Å². The van der Waals surface area contributed by atoms with E-state index in [-0.39, 0.29) is 0 Å². The van der Waals surface area contributed by atoms with Crippen LogP contribution in [-0.2, 0) is 11.3 Å². The Balaban J connectivity index is 1.55. The van der Waals surface area contributed by atoms with Gasteiger partial charge in [0.1, 0.15) is 0 Å².